The molecule has 4 rings (SSSR count). The molecule has 1 aromatic carbocycles. The van der Waals surface area contributed by atoms with Crippen molar-refractivity contribution in [2.24, 2.45) is 7.05 Å². The van der Waals surface area contributed by atoms with E-state index in [1.165, 1.54) is 6.42 Å². The van der Waals surface area contributed by atoms with E-state index in [2.05, 4.69) is 5.32 Å². The predicted molar refractivity (Wildman–Crippen MR) is 98.2 cm³/mol. The van der Waals surface area contributed by atoms with Gasteiger partial charge in [-0.05, 0) is 25.8 Å². The molecule has 2 saturated heterocycles. The van der Waals surface area contributed by atoms with Gasteiger partial charge in [0.2, 0.25) is 10.0 Å². The molecular formula is C17H24ClN3O2S. The normalized spacial score (nSPS) is 24.8. The molecule has 2 bridgehead atoms. The van der Waals surface area contributed by atoms with E-state index in [0.29, 0.717) is 30.1 Å². The number of para-hydroxylation sites is 1. The molecule has 0 amide bonds. The topological polar surface area (TPSA) is 54.3 Å². The van der Waals surface area contributed by atoms with Crippen LogP contribution in [-0.4, -0.2) is 42.5 Å². The maximum Gasteiger partial charge on any atom is 0.245 e. The molecule has 2 unspecified atom stereocenters. The van der Waals surface area contributed by atoms with Crippen molar-refractivity contribution in [2.45, 2.75) is 43.2 Å². The Morgan fingerprint density at radius 1 is 1.12 bits per heavy atom. The number of nitrogens with one attached hydrogen (secondary N) is 1. The van der Waals surface area contributed by atoms with Gasteiger partial charge in [-0.2, -0.15) is 4.31 Å². The van der Waals surface area contributed by atoms with Crippen LogP contribution in [-0.2, 0) is 17.1 Å². The molecule has 2 fully saturated rings. The largest absolute Gasteiger partial charge is 0.347 e. The Morgan fingerprint density at radius 2 is 1.75 bits per heavy atom. The van der Waals surface area contributed by atoms with Crippen molar-refractivity contribution in [3.63, 3.8) is 0 Å². The van der Waals surface area contributed by atoms with Gasteiger partial charge in [0.05, 0.1) is 0 Å². The summed E-state index contributed by atoms with van der Waals surface area (Å²) in [5.74, 6) is 0. The maximum absolute atomic E-state index is 13.4. The Labute approximate surface area is 149 Å². The van der Waals surface area contributed by atoms with Crippen LogP contribution in [0.2, 0.25) is 0 Å². The summed E-state index contributed by atoms with van der Waals surface area (Å²) < 4.78 is 30.4. The smallest absolute Gasteiger partial charge is 0.245 e. The van der Waals surface area contributed by atoms with Crippen molar-refractivity contribution in [3.05, 3.63) is 30.0 Å². The second-order valence-corrected chi connectivity index (χ2v) is 8.68. The summed E-state index contributed by atoms with van der Waals surface area (Å²) in [5, 5.41) is 4.38. The standard InChI is InChI=1S/C17H23N3O2S.ClH/c1-12-17(15-8-3-4-9-16(15)19(12)2)23(21,22)20-10-13-6-5-7-14(11-20)18-13;/h3-4,8-9,13-14,18H,5-7,10-11H2,1-2H3;1H. The zero-order chi connectivity index (χ0) is 16.2. The number of hydrogen-bond acceptors (Lipinski definition) is 3. The molecule has 1 N–H and O–H groups in total. The van der Waals surface area contributed by atoms with Gasteiger partial charge in [0.15, 0.2) is 0 Å². The summed E-state index contributed by atoms with van der Waals surface area (Å²) in [5.41, 5.74) is 1.79. The number of piperazine rings is 1. The van der Waals surface area contributed by atoms with Crippen molar-refractivity contribution >= 4 is 33.3 Å². The Bertz CT molecular complexity index is 850. The van der Waals surface area contributed by atoms with Crippen molar-refractivity contribution in [1.82, 2.24) is 14.2 Å². The highest BCUT2D eigenvalue weighted by Crippen LogP contribution is 2.33. The van der Waals surface area contributed by atoms with Crippen LogP contribution in [0.3, 0.4) is 0 Å². The first-order valence-corrected chi connectivity index (χ1v) is 9.72. The van der Waals surface area contributed by atoms with Gasteiger partial charge in [-0.15, -0.1) is 12.4 Å². The predicted octanol–water partition coefficient (Wildman–Crippen LogP) is 2.42. The fourth-order valence-corrected chi connectivity index (χ4v) is 6.07. The van der Waals surface area contributed by atoms with E-state index in [1.54, 1.807) is 4.31 Å². The van der Waals surface area contributed by atoms with E-state index < -0.39 is 10.0 Å². The molecule has 3 heterocycles. The number of rotatable bonds is 2. The number of fused-ring (bicyclic) bond motifs is 3. The van der Waals surface area contributed by atoms with E-state index in [4.69, 9.17) is 0 Å². The second-order valence-electron chi connectivity index (χ2n) is 6.80. The lowest BCUT2D eigenvalue weighted by molar-refractivity contribution is 0.190. The number of piperidine rings is 1. The van der Waals surface area contributed by atoms with Gasteiger partial charge in [0.25, 0.3) is 0 Å². The lowest BCUT2D eigenvalue weighted by atomic mass is 9.96. The summed E-state index contributed by atoms with van der Waals surface area (Å²) in [6.07, 6.45) is 3.33. The first-order valence-electron chi connectivity index (χ1n) is 8.28. The fourth-order valence-electron chi connectivity index (χ4n) is 4.10. The van der Waals surface area contributed by atoms with E-state index in [1.807, 2.05) is 42.8 Å². The summed E-state index contributed by atoms with van der Waals surface area (Å²) in [6.45, 7) is 3.07. The van der Waals surface area contributed by atoms with Gasteiger partial charge in [-0.3, -0.25) is 0 Å². The van der Waals surface area contributed by atoms with E-state index >= 15 is 0 Å². The van der Waals surface area contributed by atoms with Crippen LogP contribution in [0, 0.1) is 6.92 Å². The molecular weight excluding hydrogens is 346 g/mol. The minimum Gasteiger partial charge on any atom is -0.347 e. The fraction of sp³-hybridized carbons (Fsp3) is 0.529. The van der Waals surface area contributed by atoms with Crippen molar-refractivity contribution in [3.8, 4) is 0 Å². The average Bonchev–Trinajstić information content (AvgIpc) is 2.79. The van der Waals surface area contributed by atoms with Gasteiger partial charge in [-0.25, -0.2) is 8.42 Å². The highest BCUT2D eigenvalue weighted by Gasteiger charge is 2.38. The van der Waals surface area contributed by atoms with Crippen LogP contribution in [0.15, 0.2) is 29.2 Å². The second kappa shape index (κ2) is 6.33. The first-order chi connectivity index (χ1) is 11.0. The molecule has 7 heteroatoms. The molecule has 0 spiro atoms. The zero-order valence-electron chi connectivity index (χ0n) is 14.0. The van der Waals surface area contributed by atoms with Crippen LogP contribution >= 0.6 is 12.4 Å². The highest BCUT2D eigenvalue weighted by molar-refractivity contribution is 7.89. The van der Waals surface area contributed by atoms with Gasteiger partial charge in [0, 0.05) is 48.8 Å². The quantitative estimate of drug-likeness (QED) is 0.884. The third kappa shape index (κ3) is 2.65. The number of aryl methyl sites for hydroxylation is 1. The number of halogens is 1. The van der Waals surface area contributed by atoms with Crippen LogP contribution < -0.4 is 5.32 Å². The molecule has 1 aromatic heterocycles. The number of benzene rings is 1. The molecule has 2 aromatic rings. The molecule has 24 heavy (non-hydrogen) atoms. The number of sulfonamides is 1. The van der Waals surface area contributed by atoms with Crippen LogP contribution in [0.5, 0.6) is 0 Å². The summed E-state index contributed by atoms with van der Waals surface area (Å²) >= 11 is 0. The zero-order valence-corrected chi connectivity index (χ0v) is 15.7. The Hall–Kier alpha value is -1.08. The Kier molecular flexibility index (Phi) is 4.68. The van der Waals surface area contributed by atoms with Gasteiger partial charge >= 0.3 is 0 Å². The number of hydrogen-bond donors (Lipinski definition) is 1. The van der Waals surface area contributed by atoms with Crippen molar-refractivity contribution in [2.75, 3.05) is 13.1 Å². The molecule has 2 aliphatic heterocycles. The van der Waals surface area contributed by atoms with E-state index in [0.717, 1.165) is 29.4 Å². The minimum atomic E-state index is -3.47. The van der Waals surface area contributed by atoms with Crippen molar-refractivity contribution in [1.29, 1.82) is 0 Å². The SMILES string of the molecule is Cc1c(S(=O)(=O)N2CC3CCCC(C2)N3)c2ccccc2n1C.Cl. The Balaban J connectivity index is 0.00000169. The van der Waals surface area contributed by atoms with E-state index in [-0.39, 0.29) is 12.4 Å². The van der Waals surface area contributed by atoms with Crippen molar-refractivity contribution < 1.29 is 8.42 Å². The first kappa shape index (κ1) is 17.7. The minimum absolute atomic E-state index is 0. The summed E-state index contributed by atoms with van der Waals surface area (Å²) in [4.78, 5) is 0.482. The molecule has 2 atom stereocenters. The molecule has 5 nitrogen and oxygen atoms in total. The average molecular weight is 370 g/mol. The van der Waals surface area contributed by atoms with Gasteiger partial charge < -0.3 is 9.88 Å². The Morgan fingerprint density at radius 3 is 2.42 bits per heavy atom. The van der Waals surface area contributed by atoms with Crippen LogP contribution in [0.1, 0.15) is 25.0 Å². The summed E-state index contributed by atoms with van der Waals surface area (Å²) in [6, 6.07) is 8.35. The number of aromatic nitrogens is 1. The molecule has 0 aliphatic carbocycles. The monoisotopic (exact) mass is 369 g/mol. The number of nitrogens with zero attached hydrogens (tertiary/aromatic N) is 2. The third-order valence-corrected chi connectivity index (χ3v) is 7.37. The molecule has 132 valence electrons. The highest BCUT2D eigenvalue weighted by atomic mass is 35.5. The van der Waals surface area contributed by atoms with Gasteiger partial charge in [0.1, 0.15) is 4.90 Å². The van der Waals surface area contributed by atoms with Crippen LogP contribution in [0.25, 0.3) is 10.9 Å². The van der Waals surface area contributed by atoms with Gasteiger partial charge in [-0.1, -0.05) is 24.6 Å². The maximum atomic E-state index is 13.4. The molecule has 2 aliphatic rings. The molecule has 0 saturated carbocycles. The molecule has 0 radical (unpaired) electrons. The third-order valence-electron chi connectivity index (χ3n) is 5.36. The summed E-state index contributed by atoms with van der Waals surface area (Å²) in [7, 11) is -1.53. The lowest BCUT2D eigenvalue weighted by Crippen LogP contribution is -2.59. The lowest BCUT2D eigenvalue weighted by Gasteiger charge is -2.41. The van der Waals surface area contributed by atoms with Crippen LogP contribution in [0.4, 0.5) is 0 Å². The van der Waals surface area contributed by atoms with E-state index in [9.17, 15) is 8.42 Å².